The molecule has 1 aromatic rings. The molecule has 0 aliphatic rings. The minimum atomic E-state index is -0.542. The number of esters is 2. The Morgan fingerprint density at radius 3 is 2.04 bits per heavy atom. The molecule has 23 heavy (non-hydrogen) atoms. The molecule has 0 aliphatic carbocycles. The van der Waals surface area contributed by atoms with Gasteiger partial charge in [0.25, 0.3) is 0 Å². The van der Waals surface area contributed by atoms with Gasteiger partial charge in [-0.25, -0.2) is 9.59 Å². The van der Waals surface area contributed by atoms with E-state index in [0.717, 1.165) is 12.8 Å². The summed E-state index contributed by atoms with van der Waals surface area (Å²) in [5, 5.41) is 0. The lowest BCUT2D eigenvalue weighted by atomic mass is 10.1. The zero-order valence-electron chi connectivity index (χ0n) is 14.2. The van der Waals surface area contributed by atoms with Gasteiger partial charge in [0, 0.05) is 6.61 Å². The number of carbonyl (C=O) groups excluding carboxylic acids is 2. The summed E-state index contributed by atoms with van der Waals surface area (Å²) >= 11 is 0. The van der Waals surface area contributed by atoms with Crippen molar-refractivity contribution < 1.29 is 23.8 Å². The topological polar surface area (TPSA) is 61.8 Å². The molecule has 0 unspecified atom stereocenters. The van der Waals surface area contributed by atoms with Crippen molar-refractivity contribution in [1.82, 2.24) is 0 Å². The lowest BCUT2D eigenvalue weighted by Gasteiger charge is -2.10. The molecule has 0 atom stereocenters. The van der Waals surface area contributed by atoms with Gasteiger partial charge in [-0.2, -0.15) is 0 Å². The van der Waals surface area contributed by atoms with E-state index in [1.165, 1.54) is 0 Å². The minimum absolute atomic E-state index is 0.157. The van der Waals surface area contributed by atoms with Crippen LogP contribution in [0.25, 0.3) is 0 Å². The van der Waals surface area contributed by atoms with E-state index >= 15 is 0 Å². The molecule has 0 radical (unpaired) electrons. The third-order valence-corrected chi connectivity index (χ3v) is 3.19. The molecule has 0 spiro atoms. The molecule has 0 aliphatic heterocycles. The molecule has 0 bridgehead atoms. The first-order valence-electron chi connectivity index (χ1n) is 8.07. The van der Waals surface area contributed by atoms with Crippen LogP contribution < -0.4 is 0 Å². The first-order chi connectivity index (χ1) is 11.1. The number of rotatable bonds is 10. The lowest BCUT2D eigenvalue weighted by Crippen LogP contribution is -2.16. The quantitative estimate of drug-likeness (QED) is 0.487. The molecular formula is C18H26O5. The van der Waals surface area contributed by atoms with Crippen LogP contribution in [-0.2, 0) is 14.2 Å². The first kappa shape index (κ1) is 19.2. The molecule has 5 heteroatoms. The van der Waals surface area contributed by atoms with E-state index in [0.29, 0.717) is 25.7 Å². The zero-order chi connectivity index (χ0) is 17.1. The van der Waals surface area contributed by atoms with E-state index in [9.17, 15) is 9.59 Å². The van der Waals surface area contributed by atoms with E-state index in [2.05, 4.69) is 13.8 Å². The minimum Gasteiger partial charge on any atom is -0.462 e. The Morgan fingerprint density at radius 1 is 0.957 bits per heavy atom. The van der Waals surface area contributed by atoms with Gasteiger partial charge >= 0.3 is 11.9 Å². The number of benzene rings is 1. The van der Waals surface area contributed by atoms with E-state index < -0.39 is 11.9 Å². The molecular weight excluding hydrogens is 296 g/mol. The highest BCUT2D eigenvalue weighted by Crippen LogP contribution is 2.13. The average molecular weight is 322 g/mol. The Hall–Kier alpha value is -1.88. The summed E-state index contributed by atoms with van der Waals surface area (Å²) in [5.41, 5.74) is 0.455. The summed E-state index contributed by atoms with van der Waals surface area (Å²) in [7, 11) is 0. The molecule has 5 nitrogen and oxygen atoms in total. The Bertz CT molecular complexity index is 496. The van der Waals surface area contributed by atoms with Gasteiger partial charge in [-0.3, -0.25) is 0 Å². The number of ether oxygens (including phenoxy) is 3. The van der Waals surface area contributed by atoms with Crippen molar-refractivity contribution in [2.45, 2.75) is 33.6 Å². The molecule has 0 amide bonds. The van der Waals surface area contributed by atoms with Crippen LogP contribution in [0.4, 0.5) is 0 Å². The molecule has 0 saturated carbocycles. The molecule has 0 fully saturated rings. The molecule has 1 rings (SSSR count). The van der Waals surface area contributed by atoms with Crippen molar-refractivity contribution in [3.8, 4) is 0 Å². The van der Waals surface area contributed by atoms with Gasteiger partial charge in [-0.1, -0.05) is 26.0 Å². The van der Waals surface area contributed by atoms with E-state index in [4.69, 9.17) is 14.2 Å². The fourth-order valence-electron chi connectivity index (χ4n) is 1.99. The molecule has 0 aromatic heterocycles. The highest BCUT2D eigenvalue weighted by molar-refractivity contribution is 6.03. The van der Waals surface area contributed by atoms with Crippen LogP contribution in [-0.4, -0.2) is 38.4 Å². The molecule has 0 saturated heterocycles. The monoisotopic (exact) mass is 322 g/mol. The van der Waals surface area contributed by atoms with Gasteiger partial charge in [-0.15, -0.1) is 0 Å². The zero-order valence-corrected chi connectivity index (χ0v) is 14.2. The van der Waals surface area contributed by atoms with Crippen LogP contribution in [0.2, 0.25) is 0 Å². The first-order valence-corrected chi connectivity index (χ1v) is 8.07. The van der Waals surface area contributed by atoms with Crippen LogP contribution in [0.1, 0.15) is 54.3 Å². The van der Waals surface area contributed by atoms with Gasteiger partial charge in [0.1, 0.15) is 6.61 Å². The van der Waals surface area contributed by atoms with Gasteiger partial charge < -0.3 is 14.2 Å². The summed E-state index contributed by atoms with van der Waals surface area (Å²) in [4.78, 5) is 24.2. The van der Waals surface area contributed by atoms with E-state index in [1.54, 1.807) is 24.3 Å². The highest BCUT2D eigenvalue weighted by atomic mass is 16.6. The Labute approximate surface area is 137 Å². The van der Waals surface area contributed by atoms with E-state index in [-0.39, 0.29) is 17.7 Å². The Balaban J connectivity index is 2.58. The number of hydrogen-bond donors (Lipinski definition) is 0. The maximum absolute atomic E-state index is 12.1. The molecule has 0 heterocycles. The third-order valence-electron chi connectivity index (χ3n) is 3.19. The fraction of sp³-hybridized carbons (Fsp3) is 0.556. The number of hydrogen-bond acceptors (Lipinski definition) is 5. The summed E-state index contributed by atoms with van der Waals surface area (Å²) < 4.78 is 15.5. The Kier molecular flexibility index (Phi) is 8.98. The second-order valence-corrected chi connectivity index (χ2v) is 5.55. The van der Waals surface area contributed by atoms with Crippen LogP contribution in [0.15, 0.2) is 24.3 Å². The second kappa shape index (κ2) is 10.8. The molecule has 0 N–H and O–H groups in total. The molecule has 128 valence electrons. The van der Waals surface area contributed by atoms with Gasteiger partial charge in [0.15, 0.2) is 0 Å². The van der Waals surface area contributed by atoms with Crippen LogP contribution in [0, 0.1) is 5.92 Å². The highest BCUT2D eigenvalue weighted by Gasteiger charge is 2.18. The van der Waals surface area contributed by atoms with Gasteiger partial charge in [0.2, 0.25) is 0 Å². The lowest BCUT2D eigenvalue weighted by molar-refractivity contribution is 0.0324. The normalized spacial score (nSPS) is 10.6. The largest absolute Gasteiger partial charge is 0.462 e. The van der Waals surface area contributed by atoms with E-state index in [1.807, 2.05) is 6.92 Å². The van der Waals surface area contributed by atoms with Crippen molar-refractivity contribution in [1.29, 1.82) is 0 Å². The van der Waals surface area contributed by atoms with Crippen molar-refractivity contribution in [3.63, 3.8) is 0 Å². The maximum atomic E-state index is 12.1. The average Bonchev–Trinajstić information content (AvgIpc) is 2.55. The van der Waals surface area contributed by atoms with Crippen LogP contribution in [0.3, 0.4) is 0 Å². The number of carbonyl (C=O) groups is 2. The standard InChI is InChI=1S/C18H26O5/c1-4-21-12-13-23-18(20)16-10-6-5-9-15(16)17(19)22-11-7-8-14(2)3/h5-6,9-10,14H,4,7-8,11-13H2,1-3H3. The van der Waals surface area contributed by atoms with Gasteiger partial charge in [-0.05, 0) is 37.8 Å². The summed E-state index contributed by atoms with van der Waals surface area (Å²) in [6, 6.07) is 6.52. The van der Waals surface area contributed by atoms with Crippen molar-refractivity contribution >= 4 is 11.9 Å². The SMILES string of the molecule is CCOCCOC(=O)c1ccccc1C(=O)OCCCC(C)C. The smallest absolute Gasteiger partial charge is 0.339 e. The fourth-order valence-corrected chi connectivity index (χ4v) is 1.99. The third kappa shape index (κ3) is 7.28. The summed E-state index contributed by atoms with van der Waals surface area (Å²) in [5.74, 6) is -0.466. The second-order valence-electron chi connectivity index (χ2n) is 5.55. The van der Waals surface area contributed by atoms with Crippen molar-refractivity contribution in [2.75, 3.05) is 26.4 Å². The van der Waals surface area contributed by atoms with Crippen molar-refractivity contribution in [2.24, 2.45) is 5.92 Å². The summed E-state index contributed by atoms with van der Waals surface area (Å²) in [6.45, 7) is 7.52. The van der Waals surface area contributed by atoms with Gasteiger partial charge in [0.05, 0.1) is 24.3 Å². The Morgan fingerprint density at radius 2 is 1.52 bits per heavy atom. The van der Waals surface area contributed by atoms with Crippen molar-refractivity contribution in [3.05, 3.63) is 35.4 Å². The molecule has 1 aromatic carbocycles. The maximum Gasteiger partial charge on any atom is 0.339 e. The van der Waals surface area contributed by atoms with Crippen LogP contribution in [0.5, 0.6) is 0 Å². The summed E-state index contributed by atoms with van der Waals surface area (Å²) in [6.07, 6.45) is 1.80. The predicted molar refractivity (Wildman–Crippen MR) is 87.6 cm³/mol. The van der Waals surface area contributed by atoms with Crippen LogP contribution >= 0.6 is 0 Å². The predicted octanol–water partition coefficient (Wildman–Crippen LogP) is 3.47.